The second-order valence-corrected chi connectivity index (χ2v) is 9.73. The van der Waals surface area contributed by atoms with Crippen LogP contribution in [0.15, 0.2) is 48.5 Å². The van der Waals surface area contributed by atoms with Crippen LogP contribution in [0.3, 0.4) is 0 Å². The molecule has 1 aliphatic heterocycles. The van der Waals surface area contributed by atoms with Crippen LogP contribution in [0.1, 0.15) is 38.5 Å². The monoisotopic (exact) mass is 544 g/mol. The first-order valence-corrected chi connectivity index (χ1v) is 12.9. The highest BCUT2D eigenvalue weighted by atomic mass is 35.5. The molecule has 11 heteroatoms. The van der Waals surface area contributed by atoms with Crippen molar-refractivity contribution in [2.75, 3.05) is 19.0 Å². The van der Waals surface area contributed by atoms with Crippen molar-refractivity contribution in [3.63, 3.8) is 0 Å². The van der Waals surface area contributed by atoms with Crippen molar-refractivity contribution < 1.29 is 23.9 Å². The summed E-state index contributed by atoms with van der Waals surface area (Å²) in [5, 5.41) is 4.83. The molecule has 0 aromatic heterocycles. The highest BCUT2D eigenvalue weighted by Crippen LogP contribution is 2.29. The fraction of sp³-hybridized carbons (Fsp3) is 0.385. The third kappa shape index (κ3) is 6.69. The van der Waals surface area contributed by atoms with E-state index in [4.69, 9.17) is 33.3 Å². The molecule has 1 unspecified atom stereocenters. The van der Waals surface area contributed by atoms with E-state index in [-0.39, 0.29) is 36.0 Å². The Morgan fingerprint density at radius 3 is 2.30 bits per heavy atom. The van der Waals surface area contributed by atoms with Crippen molar-refractivity contribution in [3.8, 4) is 11.5 Å². The van der Waals surface area contributed by atoms with Gasteiger partial charge in [-0.15, -0.1) is 0 Å². The Balaban J connectivity index is 1.44. The van der Waals surface area contributed by atoms with Crippen LogP contribution in [-0.2, 0) is 14.4 Å². The van der Waals surface area contributed by atoms with Crippen LogP contribution in [0.4, 0.5) is 5.69 Å². The minimum atomic E-state index is -0.966. The molecule has 2 aliphatic rings. The number of anilines is 1. The van der Waals surface area contributed by atoms with Gasteiger partial charge in [-0.25, -0.2) is 5.01 Å². The van der Waals surface area contributed by atoms with E-state index in [1.807, 2.05) is 0 Å². The normalized spacial score (nSPS) is 18.1. The molecule has 1 aliphatic carbocycles. The number of hydrogen-bond acceptors (Lipinski definition) is 6. The van der Waals surface area contributed by atoms with Gasteiger partial charge in [0.25, 0.3) is 11.8 Å². The summed E-state index contributed by atoms with van der Waals surface area (Å²) in [4.78, 5) is 40.7. The van der Waals surface area contributed by atoms with Gasteiger partial charge in [0.2, 0.25) is 5.91 Å². The van der Waals surface area contributed by atoms with Crippen LogP contribution in [-0.4, -0.2) is 58.5 Å². The highest BCUT2D eigenvalue weighted by Gasteiger charge is 2.47. The number of carbonyl (C=O) groups is 3. The van der Waals surface area contributed by atoms with Gasteiger partial charge in [-0.3, -0.25) is 24.7 Å². The fourth-order valence-corrected chi connectivity index (χ4v) is 5.04. The number of hydrogen-bond donors (Lipinski definition) is 2. The molecule has 3 amide bonds. The lowest BCUT2D eigenvalue weighted by atomic mass is 9.94. The van der Waals surface area contributed by atoms with Crippen molar-refractivity contribution in [1.29, 1.82) is 0 Å². The maximum atomic E-state index is 13.5. The van der Waals surface area contributed by atoms with E-state index in [2.05, 4.69) is 10.7 Å². The molecule has 196 valence electrons. The number of benzene rings is 2. The molecule has 37 heavy (non-hydrogen) atoms. The molecule has 1 saturated carbocycles. The van der Waals surface area contributed by atoms with Crippen molar-refractivity contribution in [1.82, 2.24) is 15.3 Å². The lowest BCUT2D eigenvalue weighted by Gasteiger charge is -2.31. The molecular weight excluding hydrogens is 516 g/mol. The predicted octanol–water partition coefficient (Wildman–Crippen LogP) is 3.92. The Bertz CT molecular complexity index is 1140. The van der Waals surface area contributed by atoms with Crippen LogP contribution in [0.2, 0.25) is 5.02 Å². The number of thiocarbonyl (C=S) groups is 1. The summed E-state index contributed by atoms with van der Waals surface area (Å²) >= 11 is 11.5. The SMILES string of the molecule is COc1ccc(OCC(=O)NN2C(=S)N(C3CCCCC3)C(=O)C2CC(=O)Nc2ccc(Cl)cc2)cc1. The Morgan fingerprint density at radius 1 is 1.00 bits per heavy atom. The molecule has 2 N–H and O–H groups in total. The Kier molecular flexibility index (Phi) is 8.83. The topological polar surface area (TPSA) is 100 Å². The number of methoxy groups -OCH3 is 1. The summed E-state index contributed by atoms with van der Waals surface area (Å²) < 4.78 is 10.7. The van der Waals surface area contributed by atoms with Gasteiger partial charge in [-0.1, -0.05) is 30.9 Å². The largest absolute Gasteiger partial charge is 0.497 e. The maximum absolute atomic E-state index is 13.5. The molecule has 2 fully saturated rings. The predicted molar refractivity (Wildman–Crippen MR) is 143 cm³/mol. The van der Waals surface area contributed by atoms with Crippen molar-refractivity contribution in [3.05, 3.63) is 53.6 Å². The fourth-order valence-electron chi connectivity index (χ4n) is 4.50. The van der Waals surface area contributed by atoms with Gasteiger partial charge in [0.05, 0.1) is 13.5 Å². The summed E-state index contributed by atoms with van der Waals surface area (Å²) in [5.74, 6) is -0.0270. The minimum absolute atomic E-state index is 0.0481. The number of hydrazine groups is 1. The molecule has 2 aromatic rings. The number of nitrogens with one attached hydrogen (secondary N) is 2. The zero-order valence-corrected chi connectivity index (χ0v) is 22.0. The summed E-state index contributed by atoms with van der Waals surface area (Å²) in [7, 11) is 1.56. The third-order valence-corrected chi connectivity index (χ3v) is 7.01. The van der Waals surface area contributed by atoms with Crippen molar-refractivity contribution in [2.24, 2.45) is 0 Å². The highest BCUT2D eigenvalue weighted by molar-refractivity contribution is 7.80. The van der Waals surface area contributed by atoms with E-state index in [9.17, 15) is 14.4 Å². The second-order valence-electron chi connectivity index (χ2n) is 8.93. The van der Waals surface area contributed by atoms with Gasteiger partial charge < -0.3 is 14.8 Å². The van der Waals surface area contributed by atoms with Gasteiger partial charge in [-0.2, -0.15) is 0 Å². The minimum Gasteiger partial charge on any atom is -0.497 e. The van der Waals surface area contributed by atoms with Gasteiger partial charge in [0.1, 0.15) is 17.5 Å². The van der Waals surface area contributed by atoms with Crippen molar-refractivity contribution >= 4 is 52.3 Å². The Morgan fingerprint density at radius 2 is 1.65 bits per heavy atom. The summed E-state index contributed by atoms with van der Waals surface area (Å²) in [6, 6.07) is 12.5. The van der Waals surface area contributed by atoms with Gasteiger partial charge >= 0.3 is 0 Å². The maximum Gasteiger partial charge on any atom is 0.276 e. The third-order valence-electron chi connectivity index (χ3n) is 6.37. The molecule has 9 nitrogen and oxygen atoms in total. The zero-order chi connectivity index (χ0) is 26.4. The number of carbonyl (C=O) groups excluding carboxylic acids is 3. The van der Waals surface area contributed by atoms with Crippen LogP contribution < -0.4 is 20.2 Å². The summed E-state index contributed by atoms with van der Waals surface area (Å²) in [5.41, 5.74) is 3.24. The average Bonchev–Trinajstić information content (AvgIpc) is 3.13. The quantitative estimate of drug-likeness (QED) is 0.461. The van der Waals surface area contributed by atoms with Gasteiger partial charge in [0.15, 0.2) is 11.7 Å². The standard InChI is InChI=1S/C26H29ClN4O5S/c1-35-20-11-13-21(14-12-20)36-16-24(33)29-31-22(15-23(32)28-18-9-7-17(27)8-10-18)25(34)30(26(31)37)19-5-3-2-4-6-19/h7-14,19,22H,2-6,15-16H2,1H3,(H,28,32)(H,29,33). The van der Waals surface area contributed by atoms with E-state index in [1.165, 1.54) is 5.01 Å². The smallest absolute Gasteiger partial charge is 0.276 e. The lowest BCUT2D eigenvalue weighted by molar-refractivity contribution is -0.134. The number of nitrogens with zero attached hydrogens (tertiary/aromatic N) is 2. The first-order valence-electron chi connectivity index (χ1n) is 12.1. The lowest BCUT2D eigenvalue weighted by Crippen LogP contribution is -2.51. The molecular formula is C26H29ClN4O5S. The number of amides is 3. The number of halogens is 1. The average molecular weight is 545 g/mol. The molecule has 1 saturated heterocycles. The summed E-state index contributed by atoms with van der Waals surface area (Å²) in [6.07, 6.45) is 4.59. The molecule has 1 atom stereocenters. The molecule has 2 aromatic carbocycles. The molecule has 0 radical (unpaired) electrons. The molecule has 0 bridgehead atoms. The van der Waals surface area contributed by atoms with Crippen LogP contribution in [0.25, 0.3) is 0 Å². The Hall–Kier alpha value is -3.37. The van der Waals surface area contributed by atoms with E-state index in [0.29, 0.717) is 22.2 Å². The first-order chi connectivity index (χ1) is 17.9. The van der Waals surface area contributed by atoms with Gasteiger partial charge in [-0.05, 0) is 73.6 Å². The molecule has 0 spiro atoms. The van der Waals surface area contributed by atoms with E-state index < -0.39 is 11.9 Å². The van der Waals surface area contributed by atoms with E-state index in [1.54, 1.807) is 60.5 Å². The zero-order valence-electron chi connectivity index (χ0n) is 20.4. The van der Waals surface area contributed by atoms with Gasteiger partial charge in [0, 0.05) is 16.8 Å². The van der Waals surface area contributed by atoms with Crippen molar-refractivity contribution in [2.45, 2.75) is 50.6 Å². The first kappa shape index (κ1) is 26.7. The van der Waals surface area contributed by atoms with Crippen LogP contribution >= 0.6 is 23.8 Å². The van der Waals surface area contributed by atoms with E-state index in [0.717, 1.165) is 32.1 Å². The number of ether oxygens (including phenoxy) is 2. The second kappa shape index (κ2) is 12.2. The molecule has 4 rings (SSSR count). The van der Waals surface area contributed by atoms with Crippen LogP contribution in [0.5, 0.6) is 11.5 Å². The van der Waals surface area contributed by atoms with E-state index >= 15 is 0 Å². The number of rotatable bonds is 9. The molecule has 1 heterocycles. The Labute approximate surface area is 226 Å². The summed E-state index contributed by atoms with van der Waals surface area (Å²) in [6.45, 7) is -0.299. The van der Waals surface area contributed by atoms with Crippen LogP contribution in [0, 0.1) is 0 Å².